The number of hydrogen-bond donors (Lipinski definition) is 1. The Labute approximate surface area is 119 Å². The molecule has 0 aliphatic rings. The predicted molar refractivity (Wildman–Crippen MR) is 81.6 cm³/mol. The first kappa shape index (κ1) is 15.4. The Morgan fingerprint density at radius 1 is 1.42 bits per heavy atom. The summed E-state index contributed by atoms with van der Waals surface area (Å²) >= 11 is 4.98. The summed E-state index contributed by atoms with van der Waals surface area (Å²) in [6.45, 7) is 2.01. The van der Waals surface area contributed by atoms with E-state index in [-0.39, 0.29) is 10.9 Å². The highest BCUT2D eigenvalue weighted by atomic mass is 32.1. The second-order valence-corrected chi connectivity index (χ2v) is 4.81. The summed E-state index contributed by atoms with van der Waals surface area (Å²) in [6, 6.07) is 7.29. The van der Waals surface area contributed by atoms with Crippen LogP contribution in [0, 0.1) is 5.92 Å². The molecule has 0 bridgehead atoms. The van der Waals surface area contributed by atoms with Crippen molar-refractivity contribution in [1.29, 1.82) is 0 Å². The first-order chi connectivity index (χ1) is 9.01. The van der Waals surface area contributed by atoms with Gasteiger partial charge in [-0.2, -0.15) is 0 Å². The van der Waals surface area contributed by atoms with Gasteiger partial charge in [0.25, 0.3) is 0 Å². The van der Waals surface area contributed by atoms with Crippen LogP contribution in [-0.2, 0) is 4.79 Å². The van der Waals surface area contributed by atoms with E-state index in [2.05, 4.69) is 0 Å². The molecule has 0 spiro atoms. The lowest BCUT2D eigenvalue weighted by Crippen LogP contribution is -2.39. The van der Waals surface area contributed by atoms with Crippen molar-refractivity contribution in [3.8, 4) is 5.75 Å². The van der Waals surface area contributed by atoms with Crippen LogP contribution in [0.5, 0.6) is 5.75 Å². The molecule has 1 atom stereocenters. The summed E-state index contributed by atoms with van der Waals surface area (Å²) in [4.78, 5) is 14.2. The van der Waals surface area contributed by atoms with Crippen molar-refractivity contribution in [2.75, 3.05) is 19.1 Å². The van der Waals surface area contributed by atoms with Gasteiger partial charge >= 0.3 is 0 Å². The summed E-state index contributed by atoms with van der Waals surface area (Å²) < 4.78 is 5.09. The molecule has 0 fully saturated rings. The first-order valence-electron chi connectivity index (χ1n) is 6.22. The molecule has 4 nitrogen and oxygen atoms in total. The van der Waals surface area contributed by atoms with E-state index in [0.717, 1.165) is 17.9 Å². The number of nitrogens with zero attached hydrogens (tertiary/aromatic N) is 1. The van der Waals surface area contributed by atoms with Gasteiger partial charge in [0.1, 0.15) is 5.75 Å². The molecular formula is C14H20N2O2S. The van der Waals surface area contributed by atoms with Crippen LogP contribution >= 0.6 is 12.2 Å². The van der Waals surface area contributed by atoms with Crippen LogP contribution in [0.1, 0.15) is 19.8 Å². The maximum atomic E-state index is 12.4. The fourth-order valence-electron chi connectivity index (χ4n) is 1.84. The third kappa shape index (κ3) is 3.92. The molecule has 0 aliphatic heterocycles. The van der Waals surface area contributed by atoms with Gasteiger partial charge in [-0.3, -0.25) is 4.79 Å². The molecule has 1 unspecified atom stereocenters. The molecule has 1 aromatic carbocycles. The molecule has 0 saturated carbocycles. The average molecular weight is 280 g/mol. The highest BCUT2D eigenvalue weighted by Crippen LogP contribution is 2.21. The van der Waals surface area contributed by atoms with E-state index in [0.29, 0.717) is 6.42 Å². The van der Waals surface area contributed by atoms with Crippen molar-refractivity contribution >= 4 is 28.8 Å². The molecule has 0 aliphatic carbocycles. The van der Waals surface area contributed by atoms with Gasteiger partial charge in [0, 0.05) is 12.7 Å². The van der Waals surface area contributed by atoms with E-state index in [1.54, 1.807) is 19.1 Å². The number of rotatable bonds is 6. The Bertz CT molecular complexity index is 445. The van der Waals surface area contributed by atoms with Crippen LogP contribution in [0.15, 0.2) is 24.3 Å². The van der Waals surface area contributed by atoms with E-state index < -0.39 is 5.92 Å². The number of carbonyl (C=O) groups is 1. The van der Waals surface area contributed by atoms with Crippen LogP contribution in [-0.4, -0.2) is 25.1 Å². The second kappa shape index (κ2) is 7.09. The Morgan fingerprint density at radius 3 is 2.42 bits per heavy atom. The van der Waals surface area contributed by atoms with E-state index in [4.69, 9.17) is 22.7 Å². The van der Waals surface area contributed by atoms with E-state index in [1.807, 2.05) is 31.2 Å². The lowest BCUT2D eigenvalue weighted by Gasteiger charge is -2.23. The highest BCUT2D eigenvalue weighted by Gasteiger charge is 2.24. The number of carbonyl (C=O) groups excluding carboxylic acids is 1. The minimum Gasteiger partial charge on any atom is -0.497 e. The summed E-state index contributed by atoms with van der Waals surface area (Å²) in [7, 11) is 3.33. The van der Waals surface area contributed by atoms with E-state index in [9.17, 15) is 4.79 Å². The number of nitrogens with two attached hydrogens (primary N) is 1. The topological polar surface area (TPSA) is 55.6 Å². The number of benzene rings is 1. The Hall–Kier alpha value is -1.62. The van der Waals surface area contributed by atoms with Crippen LogP contribution in [0.2, 0.25) is 0 Å². The molecule has 0 saturated heterocycles. The van der Waals surface area contributed by atoms with Gasteiger partial charge < -0.3 is 15.4 Å². The largest absolute Gasteiger partial charge is 0.497 e. The zero-order valence-corrected chi connectivity index (χ0v) is 12.4. The lowest BCUT2D eigenvalue weighted by atomic mass is 10.0. The maximum absolute atomic E-state index is 12.4. The molecule has 2 N–H and O–H groups in total. The molecular weight excluding hydrogens is 260 g/mol. The molecule has 1 aromatic rings. The van der Waals surface area contributed by atoms with Gasteiger partial charge in [0.05, 0.1) is 18.0 Å². The SMILES string of the molecule is CCCC(C(=O)N(C)c1ccc(OC)cc1)C(N)=S. The van der Waals surface area contributed by atoms with Crippen LogP contribution in [0.25, 0.3) is 0 Å². The quantitative estimate of drug-likeness (QED) is 0.813. The number of methoxy groups -OCH3 is 1. The zero-order valence-electron chi connectivity index (χ0n) is 11.6. The van der Waals surface area contributed by atoms with Crippen LogP contribution in [0.3, 0.4) is 0 Å². The summed E-state index contributed by atoms with van der Waals surface area (Å²) in [6.07, 6.45) is 1.54. The monoisotopic (exact) mass is 280 g/mol. The Balaban J connectivity index is 2.87. The van der Waals surface area contributed by atoms with Crippen molar-refractivity contribution in [2.45, 2.75) is 19.8 Å². The van der Waals surface area contributed by atoms with Crippen molar-refractivity contribution in [3.63, 3.8) is 0 Å². The van der Waals surface area contributed by atoms with E-state index in [1.165, 1.54) is 0 Å². The normalized spacial score (nSPS) is 11.7. The highest BCUT2D eigenvalue weighted by molar-refractivity contribution is 7.80. The van der Waals surface area contributed by atoms with Crippen LogP contribution in [0.4, 0.5) is 5.69 Å². The Morgan fingerprint density at radius 2 is 2.00 bits per heavy atom. The van der Waals surface area contributed by atoms with Crippen molar-refractivity contribution in [1.82, 2.24) is 0 Å². The summed E-state index contributed by atoms with van der Waals surface area (Å²) in [5.74, 6) is 0.288. The first-order valence-corrected chi connectivity index (χ1v) is 6.63. The molecule has 1 rings (SSSR count). The number of anilines is 1. The zero-order chi connectivity index (χ0) is 14.4. The van der Waals surface area contributed by atoms with Gasteiger partial charge in [-0.25, -0.2) is 0 Å². The standard InChI is InChI=1S/C14H20N2O2S/c1-4-5-12(13(15)19)14(17)16(2)10-6-8-11(18-3)9-7-10/h6-9,12H,4-5H2,1-3H3,(H2,15,19). The van der Waals surface area contributed by atoms with E-state index >= 15 is 0 Å². The molecule has 0 aromatic heterocycles. The van der Waals surface area contributed by atoms with Gasteiger partial charge in [-0.1, -0.05) is 25.6 Å². The predicted octanol–water partition coefficient (Wildman–Crippen LogP) is 2.36. The maximum Gasteiger partial charge on any atom is 0.236 e. The molecule has 1 amide bonds. The van der Waals surface area contributed by atoms with Gasteiger partial charge in [0.2, 0.25) is 5.91 Å². The number of hydrogen-bond acceptors (Lipinski definition) is 3. The van der Waals surface area contributed by atoms with Gasteiger partial charge in [0.15, 0.2) is 0 Å². The Kier molecular flexibility index (Phi) is 5.76. The molecule has 104 valence electrons. The third-order valence-corrected chi connectivity index (χ3v) is 3.29. The molecule has 0 heterocycles. The number of ether oxygens (including phenoxy) is 1. The van der Waals surface area contributed by atoms with Gasteiger partial charge in [-0.05, 0) is 30.7 Å². The summed E-state index contributed by atoms with van der Waals surface area (Å²) in [5, 5.41) is 0. The third-order valence-electron chi connectivity index (χ3n) is 3.01. The fraction of sp³-hybridized carbons (Fsp3) is 0.429. The molecule has 19 heavy (non-hydrogen) atoms. The smallest absolute Gasteiger partial charge is 0.236 e. The average Bonchev–Trinajstić information content (AvgIpc) is 2.43. The fourth-order valence-corrected chi connectivity index (χ4v) is 2.06. The number of thiocarbonyl (C=S) groups is 1. The van der Waals surface area contributed by atoms with Gasteiger partial charge in [-0.15, -0.1) is 0 Å². The summed E-state index contributed by atoms with van der Waals surface area (Å²) in [5.41, 5.74) is 6.44. The van der Waals surface area contributed by atoms with Crippen molar-refractivity contribution in [3.05, 3.63) is 24.3 Å². The van der Waals surface area contributed by atoms with Crippen LogP contribution < -0.4 is 15.4 Å². The minimum absolute atomic E-state index is 0.0699. The van der Waals surface area contributed by atoms with Crippen molar-refractivity contribution in [2.24, 2.45) is 11.7 Å². The lowest BCUT2D eigenvalue weighted by molar-refractivity contribution is -0.120. The number of amides is 1. The molecule has 0 radical (unpaired) electrons. The second-order valence-electron chi connectivity index (χ2n) is 4.34. The minimum atomic E-state index is -0.396. The molecule has 5 heteroatoms. The van der Waals surface area contributed by atoms with Crippen molar-refractivity contribution < 1.29 is 9.53 Å².